The Balaban J connectivity index is 2.34. The first kappa shape index (κ1) is 22.2. The predicted octanol–water partition coefficient (Wildman–Crippen LogP) is 3.10. The molecule has 0 radical (unpaired) electrons. The molecule has 2 aromatic rings. The Labute approximate surface area is 169 Å². The molecular weight excluding hydrogens is 398 g/mol. The third kappa shape index (κ3) is 5.44. The lowest BCUT2D eigenvalue weighted by Gasteiger charge is -2.29. The van der Waals surface area contributed by atoms with Gasteiger partial charge in [-0.1, -0.05) is 6.07 Å². The van der Waals surface area contributed by atoms with Gasteiger partial charge in [-0.2, -0.15) is 0 Å². The third-order valence-electron chi connectivity index (χ3n) is 4.16. The topological polar surface area (TPSA) is 119 Å². The molecule has 9 nitrogen and oxygen atoms in total. The van der Waals surface area contributed by atoms with E-state index >= 15 is 0 Å². The highest BCUT2D eigenvalue weighted by atomic mass is 32.2. The summed E-state index contributed by atoms with van der Waals surface area (Å²) in [6.45, 7) is 5.40. The Morgan fingerprint density at radius 2 is 1.86 bits per heavy atom. The summed E-state index contributed by atoms with van der Waals surface area (Å²) >= 11 is 0. The first-order valence-corrected chi connectivity index (χ1v) is 10.7. The summed E-state index contributed by atoms with van der Waals surface area (Å²) in [4.78, 5) is 23.2. The van der Waals surface area contributed by atoms with E-state index in [-0.39, 0.29) is 11.4 Å². The fourth-order valence-corrected chi connectivity index (χ4v) is 4.00. The molecular formula is C19H23N3O6S. The second kappa shape index (κ2) is 8.91. The molecule has 29 heavy (non-hydrogen) atoms. The number of nitro groups is 1. The number of sulfonamides is 1. The number of benzene rings is 2. The van der Waals surface area contributed by atoms with Crippen LogP contribution in [0.25, 0.3) is 0 Å². The number of carbonyl (C=O) groups is 1. The highest BCUT2D eigenvalue weighted by molar-refractivity contribution is 7.92. The minimum Gasteiger partial charge on any atom is -0.494 e. The predicted molar refractivity (Wildman–Crippen MR) is 111 cm³/mol. The summed E-state index contributed by atoms with van der Waals surface area (Å²) in [5.41, 5.74) is 0.769. The second-order valence-electron chi connectivity index (χ2n) is 6.41. The van der Waals surface area contributed by atoms with E-state index in [0.29, 0.717) is 23.6 Å². The lowest BCUT2D eigenvalue weighted by atomic mass is 10.1. The van der Waals surface area contributed by atoms with Crippen LogP contribution in [0.5, 0.6) is 5.75 Å². The Morgan fingerprint density at radius 1 is 1.24 bits per heavy atom. The van der Waals surface area contributed by atoms with Gasteiger partial charge in [0.15, 0.2) is 0 Å². The van der Waals surface area contributed by atoms with Crippen LogP contribution in [0.3, 0.4) is 0 Å². The SMILES string of the molecule is CCOc1ccc(NC(=O)C(C)N(c2cc([N+](=O)[O-])ccc2C)S(C)(=O)=O)cc1. The third-order valence-corrected chi connectivity index (χ3v) is 5.39. The number of nitrogens with one attached hydrogen (secondary N) is 1. The van der Waals surface area contributed by atoms with Gasteiger partial charge in [0.2, 0.25) is 15.9 Å². The molecule has 1 unspecified atom stereocenters. The van der Waals surface area contributed by atoms with Crippen LogP contribution in [0.15, 0.2) is 42.5 Å². The van der Waals surface area contributed by atoms with Crippen molar-refractivity contribution in [2.45, 2.75) is 26.8 Å². The number of hydrogen-bond acceptors (Lipinski definition) is 6. The number of nitro benzene ring substituents is 1. The largest absolute Gasteiger partial charge is 0.494 e. The van der Waals surface area contributed by atoms with Gasteiger partial charge in [-0.3, -0.25) is 19.2 Å². The van der Waals surface area contributed by atoms with Crippen LogP contribution in [-0.4, -0.2) is 38.2 Å². The van der Waals surface area contributed by atoms with E-state index in [1.807, 2.05) is 6.92 Å². The molecule has 0 fully saturated rings. The quantitative estimate of drug-likeness (QED) is 0.517. The summed E-state index contributed by atoms with van der Waals surface area (Å²) in [6, 6.07) is 9.38. The smallest absolute Gasteiger partial charge is 0.271 e. The van der Waals surface area contributed by atoms with Crippen molar-refractivity contribution in [2.24, 2.45) is 0 Å². The maximum absolute atomic E-state index is 12.7. The second-order valence-corrected chi connectivity index (χ2v) is 8.27. The monoisotopic (exact) mass is 421 g/mol. The summed E-state index contributed by atoms with van der Waals surface area (Å²) in [6.07, 6.45) is 0.950. The number of hydrogen-bond donors (Lipinski definition) is 1. The molecule has 0 aliphatic rings. The molecule has 156 valence electrons. The fraction of sp³-hybridized carbons (Fsp3) is 0.316. The molecule has 2 aromatic carbocycles. The Hall–Kier alpha value is -3.14. The number of non-ortho nitro benzene ring substituents is 1. The molecule has 0 spiro atoms. The van der Waals surface area contributed by atoms with Gasteiger partial charge in [0, 0.05) is 17.8 Å². The van der Waals surface area contributed by atoms with Crippen LogP contribution in [0.1, 0.15) is 19.4 Å². The van der Waals surface area contributed by atoms with Gasteiger partial charge in [0.1, 0.15) is 11.8 Å². The first-order chi connectivity index (χ1) is 13.5. The molecule has 0 aliphatic carbocycles. The Morgan fingerprint density at radius 3 is 2.38 bits per heavy atom. The van der Waals surface area contributed by atoms with Gasteiger partial charge in [-0.25, -0.2) is 8.42 Å². The zero-order valence-corrected chi connectivity index (χ0v) is 17.4. The average molecular weight is 421 g/mol. The van der Waals surface area contributed by atoms with E-state index in [2.05, 4.69) is 5.32 Å². The van der Waals surface area contributed by atoms with E-state index in [9.17, 15) is 23.3 Å². The zero-order valence-electron chi connectivity index (χ0n) is 16.6. The lowest BCUT2D eigenvalue weighted by molar-refractivity contribution is -0.384. The van der Waals surface area contributed by atoms with Gasteiger partial charge >= 0.3 is 0 Å². The molecule has 10 heteroatoms. The van der Waals surface area contributed by atoms with Crippen molar-refractivity contribution in [3.8, 4) is 5.75 Å². The molecule has 0 saturated heterocycles. The Bertz CT molecular complexity index is 1010. The molecule has 0 saturated carbocycles. The number of ether oxygens (including phenoxy) is 1. The minimum atomic E-state index is -3.90. The van der Waals surface area contributed by atoms with Crippen LogP contribution in [-0.2, 0) is 14.8 Å². The summed E-state index contributed by atoms with van der Waals surface area (Å²) in [5, 5.41) is 13.8. The number of rotatable bonds is 8. The number of carbonyl (C=O) groups excluding carboxylic acids is 1. The number of anilines is 2. The average Bonchev–Trinajstić information content (AvgIpc) is 2.63. The van der Waals surface area contributed by atoms with Crippen molar-refractivity contribution in [2.75, 3.05) is 22.5 Å². The van der Waals surface area contributed by atoms with Crippen molar-refractivity contribution < 1.29 is 22.9 Å². The van der Waals surface area contributed by atoms with Gasteiger partial charge in [-0.15, -0.1) is 0 Å². The Kier molecular flexibility index (Phi) is 6.80. The lowest BCUT2D eigenvalue weighted by Crippen LogP contribution is -2.45. The van der Waals surface area contributed by atoms with Crippen molar-refractivity contribution in [1.29, 1.82) is 0 Å². The van der Waals surface area contributed by atoms with Gasteiger partial charge in [-0.05, 0) is 50.6 Å². The molecule has 2 rings (SSSR count). The summed E-state index contributed by atoms with van der Waals surface area (Å²) < 4.78 is 31.1. The molecule has 1 amide bonds. The van der Waals surface area contributed by atoms with Crippen molar-refractivity contribution in [3.05, 3.63) is 58.1 Å². The molecule has 1 N–H and O–H groups in total. The van der Waals surface area contributed by atoms with Crippen molar-refractivity contribution in [1.82, 2.24) is 0 Å². The minimum absolute atomic E-state index is 0.0797. The summed E-state index contributed by atoms with van der Waals surface area (Å²) in [7, 11) is -3.90. The van der Waals surface area contributed by atoms with Crippen LogP contribution in [0.4, 0.5) is 17.1 Å². The number of nitrogens with zero attached hydrogens (tertiary/aromatic N) is 2. The maximum atomic E-state index is 12.7. The van der Waals surface area contributed by atoms with E-state index in [0.717, 1.165) is 16.6 Å². The van der Waals surface area contributed by atoms with Crippen LogP contribution in [0.2, 0.25) is 0 Å². The normalized spacial score (nSPS) is 12.1. The number of amides is 1. The number of aryl methyl sites for hydroxylation is 1. The zero-order chi connectivity index (χ0) is 21.8. The van der Waals surface area contributed by atoms with E-state index < -0.39 is 26.9 Å². The van der Waals surface area contributed by atoms with Crippen molar-refractivity contribution >= 4 is 33.0 Å². The molecule has 0 heterocycles. The highest BCUT2D eigenvalue weighted by Crippen LogP contribution is 2.29. The first-order valence-electron chi connectivity index (χ1n) is 8.82. The molecule has 0 aliphatic heterocycles. The maximum Gasteiger partial charge on any atom is 0.271 e. The molecule has 1 atom stereocenters. The van der Waals surface area contributed by atoms with Crippen LogP contribution >= 0.6 is 0 Å². The molecule has 0 bridgehead atoms. The van der Waals surface area contributed by atoms with Crippen LogP contribution < -0.4 is 14.4 Å². The van der Waals surface area contributed by atoms with Gasteiger partial charge < -0.3 is 10.1 Å². The van der Waals surface area contributed by atoms with E-state index in [1.165, 1.54) is 19.1 Å². The summed E-state index contributed by atoms with van der Waals surface area (Å²) in [5.74, 6) is 0.0639. The molecule has 0 aromatic heterocycles. The van der Waals surface area contributed by atoms with Crippen LogP contribution in [0, 0.1) is 17.0 Å². The fourth-order valence-electron chi connectivity index (χ4n) is 2.78. The highest BCUT2D eigenvalue weighted by Gasteiger charge is 2.31. The van der Waals surface area contributed by atoms with E-state index in [4.69, 9.17) is 4.74 Å². The van der Waals surface area contributed by atoms with Gasteiger partial charge in [0.25, 0.3) is 5.69 Å². The van der Waals surface area contributed by atoms with Gasteiger partial charge in [0.05, 0.1) is 23.5 Å². The standard InChI is InChI=1S/C19H23N3O6S/c1-5-28-17-10-7-15(8-11-17)20-19(23)14(3)21(29(4,26)27)18-12-16(22(24)25)9-6-13(18)2/h6-12,14H,5H2,1-4H3,(H,20,23). The van der Waals surface area contributed by atoms with E-state index in [1.54, 1.807) is 31.2 Å². The van der Waals surface area contributed by atoms with Crippen molar-refractivity contribution in [3.63, 3.8) is 0 Å².